The fourth-order valence-corrected chi connectivity index (χ4v) is 2.21. The molecule has 18 heavy (non-hydrogen) atoms. The number of carbonyl (C=O) groups is 1. The van der Waals surface area contributed by atoms with Crippen LogP contribution >= 0.6 is 15.9 Å². The number of ether oxygens (including phenoxy) is 1. The second-order valence-electron chi connectivity index (χ2n) is 4.10. The maximum atomic E-state index is 10.7. The van der Waals surface area contributed by atoms with E-state index in [1.165, 1.54) is 0 Å². The van der Waals surface area contributed by atoms with Crippen molar-refractivity contribution in [2.75, 3.05) is 19.8 Å². The smallest absolute Gasteiger partial charge is 0.329 e. The average molecular weight is 316 g/mol. The Kier molecular flexibility index (Phi) is 4.34. The number of hydrogen-bond donors (Lipinski definition) is 2. The molecule has 5 nitrogen and oxygen atoms in total. The molecule has 1 aromatic rings. The van der Waals surface area contributed by atoms with Crippen molar-refractivity contribution in [3.8, 4) is 0 Å². The van der Waals surface area contributed by atoms with E-state index in [0.29, 0.717) is 19.6 Å². The Labute approximate surface area is 113 Å². The third kappa shape index (κ3) is 3.08. The highest BCUT2D eigenvalue weighted by atomic mass is 79.9. The molecule has 1 saturated heterocycles. The van der Waals surface area contributed by atoms with E-state index in [0.717, 1.165) is 10.0 Å². The first-order valence-corrected chi connectivity index (χ1v) is 6.38. The summed E-state index contributed by atoms with van der Waals surface area (Å²) in [6.45, 7) is 0.593. The van der Waals surface area contributed by atoms with E-state index in [-0.39, 0.29) is 6.61 Å². The van der Waals surface area contributed by atoms with Gasteiger partial charge in [0.05, 0.1) is 13.2 Å². The van der Waals surface area contributed by atoms with Crippen LogP contribution in [-0.2, 0) is 20.0 Å². The summed E-state index contributed by atoms with van der Waals surface area (Å²) in [6.07, 6.45) is 0.620. The maximum Gasteiger partial charge on any atom is 0.329 e. The molecule has 0 aliphatic carbocycles. The van der Waals surface area contributed by atoms with Gasteiger partial charge in [0.25, 0.3) is 0 Å². The van der Waals surface area contributed by atoms with Crippen molar-refractivity contribution in [1.82, 2.24) is 5.48 Å². The fraction of sp³-hybridized carbons (Fsp3) is 0.417. The molecule has 98 valence electrons. The van der Waals surface area contributed by atoms with Crippen LogP contribution in [0.5, 0.6) is 0 Å². The van der Waals surface area contributed by atoms with E-state index in [1.807, 2.05) is 24.3 Å². The van der Waals surface area contributed by atoms with Gasteiger partial charge in [-0.1, -0.05) is 28.1 Å². The highest BCUT2D eigenvalue weighted by Gasteiger charge is 2.36. The Morgan fingerprint density at radius 2 is 2.22 bits per heavy atom. The van der Waals surface area contributed by atoms with Gasteiger partial charge in [0.15, 0.2) is 0 Å². The van der Waals surface area contributed by atoms with E-state index in [2.05, 4.69) is 21.4 Å². The molecule has 1 unspecified atom stereocenters. The minimum Gasteiger partial charge on any atom is -0.480 e. The molecule has 2 rings (SSSR count). The zero-order valence-corrected chi connectivity index (χ0v) is 11.3. The molecule has 1 aliphatic rings. The summed E-state index contributed by atoms with van der Waals surface area (Å²) in [5.41, 5.74) is 3.09. The molecule has 0 amide bonds. The lowest BCUT2D eigenvalue weighted by atomic mass is 9.90. The first-order chi connectivity index (χ1) is 8.62. The topological polar surface area (TPSA) is 67.8 Å². The molecule has 0 bridgehead atoms. The van der Waals surface area contributed by atoms with Crippen LogP contribution in [0.15, 0.2) is 28.7 Å². The van der Waals surface area contributed by atoms with Gasteiger partial charge in [0, 0.05) is 10.9 Å². The third-order valence-electron chi connectivity index (χ3n) is 2.91. The van der Waals surface area contributed by atoms with Gasteiger partial charge < -0.3 is 14.7 Å². The summed E-state index contributed by atoms with van der Waals surface area (Å²) in [5, 5.41) is 8.77. The van der Waals surface area contributed by atoms with Gasteiger partial charge in [0.2, 0.25) is 0 Å². The summed E-state index contributed by atoms with van der Waals surface area (Å²) < 4.78 is 6.57. The number of carboxylic acid groups (broad SMARTS) is 1. The van der Waals surface area contributed by atoms with E-state index in [1.54, 1.807) is 0 Å². The van der Waals surface area contributed by atoms with Gasteiger partial charge in [0.1, 0.15) is 12.2 Å². The van der Waals surface area contributed by atoms with E-state index < -0.39 is 11.6 Å². The van der Waals surface area contributed by atoms with Crippen molar-refractivity contribution in [2.24, 2.45) is 0 Å². The van der Waals surface area contributed by atoms with Crippen molar-refractivity contribution in [1.29, 1.82) is 0 Å². The number of nitrogens with one attached hydrogen (secondary N) is 1. The van der Waals surface area contributed by atoms with Crippen LogP contribution in [-0.4, -0.2) is 30.8 Å². The van der Waals surface area contributed by atoms with Crippen LogP contribution in [0, 0.1) is 0 Å². The molecule has 1 atom stereocenters. The number of halogens is 1. The Balaban J connectivity index is 2.22. The molecule has 1 heterocycles. The number of carboxylic acids is 1. The second kappa shape index (κ2) is 5.79. The first kappa shape index (κ1) is 13.5. The zero-order valence-electron chi connectivity index (χ0n) is 9.69. The maximum absolute atomic E-state index is 10.7. The lowest BCUT2D eigenvalue weighted by molar-refractivity contribution is -0.165. The van der Waals surface area contributed by atoms with Crippen molar-refractivity contribution in [2.45, 2.75) is 12.0 Å². The van der Waals surface area contributed by atoms with Crippen molar-refractivity contribution < 1.29 is 19.5 Å². The van der Waals surface area contributed by atoms with Crippen molar-refractivity contribution >= 4 is 21.9 Å². The number of hydroxylamine groups is 1. The van der Waals surface area contributed by atoms with Crippen LogP contribution in [0.3, 0.4) is 0 Å². The predicted molar refractivity (Wildman–Crippen MR) is 68.0 cm³/mol. The molecule has 0 spiro atoms. The van der Waals surface area contributed by atoms with Gasteiger partial charge >= 0.3 is 5.97 Å². The third-order valence-corrected chi connectivity index (χ3v) is 3.44. The molecule has 0 aromatic heterocycles. The number of benzene rings is 1. The summed E-state index contributed by atoms with van der Waals surface area (Å²) in [6, 6.07) is 7.69. The summed E-state index contributed by atoms with van der Waals surface area (Å²) in [4.78, 5) is 15.8. The molecule has 6 heteroatoms. The summed E-state index contributed by atoms with van der Waals surface area (Å²) in [5.74, 6) is -0.974. The SMILES string of the molecule is O=C(O)COC1(c2ccc(Br)cc2)CCONC1. The standard InChI is InChI=1S/C12H14BrNO4/c13-10-3-1-9(2-4-10)12(17-7-11(15)16)5-6-18-14-8-12/h1-4,14H,5-8H2,(H,15,16). The van der Waals surface area contributed by atoms with Gasteiger partial charge in [-0.2, -0.15) is 5.48 Å². The molecule has 1 fully saturated rings. The molecule has 2 N–H and O–H groups in total. The number of hydrogen-bond acceptors (Lipinski definition) is 4. The van der Waals surface area contributed by atoms with Crippen LogP contribution < -0.4 is 5.48 Å². The number of rotatable bonds is 4. The Morgan fingerprint density at radius 3 is 2.78 bits per heavy atom. The molecule has 0 radical (unpaired) electrons. The molecular weight excluding hydrogens is 302 g/mol. The highest BCUT2D eigenvalue weighted by Crippen LogP contribution is 2.32. The largest absolute Gasteiger partial charge is 0.480 e. The average Bonchev–Trinajstić information content (AvgIpc) is 2.38. The van der Waals surface area contributed by atoms with Gasteiger partial charge in [-0.3, -0.25) is 0 Å². The van der Waals surface area contributed by atoms with Gasteiger partial charge in [-0.15, -0.1) is 0 Å². The Hall–Kier alpha value is -0.950. The normalized spacial score (nSPS) is 23.8. The van der Waals surface area contributed by atoms with E-state index >= 15 is 0 Å². The van der Waals surface area contributed by atoms with Gasteiger partial charge in [-0.05, 0) is 17.7 Å². The van der Waals surface area contributed by atoms with Gasteiger partial charge in [-0.25, -0.2) is 4.79 Å². The van der Waals surface area contributed by atoms with Crippen LogP contribution in [0.2, 0.25) is 0 Å². The predicted octanol–water partition coefficient (Wildman–Crippen LogP) is 1.67. The summed E-state index contributed by atoms with van der Waals surface area (Å²) >= 11 is 3.37. The molecule has 1 aliphatic heterocycles. The number of aliphatic carboxylic acids is 1. The quantitative estimate of drug-likeness (QED) is 0.884. The lowest BCUT2D eigenvalue weighted by Gasteiger charge is -2.37. The van der Waals surface area contributed by atoms with Crippen LogP contribution in [0.1, 0.15) is 12.0 Å². The Morgan fingerprint density at radius 1 is 1.50 bits per heavy atom. The highest BCUT2D eigenvalue weighted by molar-refractivity contribution is 9.10. The minimum absolute atomic E-state index is 0.322. The molecule has 0 saturated carbocycles. The van der Waals surface area contributed by atoms with Crippen molar-refractivity contribution in [3.63, 3.8) is 0 Å². The fourth-order valence-electron chi connectivity index (χ4n) is 1.95. The second-order valence-corrected chi connectivity index (χ2v) is 5.02. The van der Waals surface area contributed by atoms with E-state index in [9.17, 15) is 4.79 Å². The van der Waals surface area contributed by atoms with E-state index in [4.69, 9.17) is 14.7 Å². The minimum atomic E-state index is -0.974. The lowest BCUT2D eigenvalue weighted by Crippen LogP contribution is -2.47. The first-order valence-electron chi connectivity index (χ1n) is 5.59. The van der Waals surface area contributed by atoms with Crippen molar-refractivity contribution in [3.05, 3.63) is 34.3 Å². The van der Waals surface area contributed by atoms with Crippen LogP contribution in [0.25, 0.3) is 0 Å². The monoisotopic (exact) mass is 315 g/mol. The Bertz CT molecular complexity index is 415. The molecule has 1 aromatic carbocycles. The zero-order chi connectivity index (χ0) is 13.0. The summed E-state index contributed by atoms with van der Waals surface area (Å²) in [7, 11) is 0. The molecular formula is C12H14BrNO4. The van der Waals surface area contributed by atoms with Crippen LogP contribution in [0.4, 0.5) is 0 Å².